The van der Waals surface area contributed by atoms with E-state index in [1.54, 1.807) is 37.4 Å². The first-order chi connectivity index (χ1) is 17.5. The number of nitrogens with one attached hydrogen (secondary N) is 3. The van der Waals surface area contributed by atoms with Gasteiger partial charge in [-0.1, -0.05) is 30.3 Å². The highest BCUT2D eigenvalue weighted by Gasteiger charge is 2.14. The number of benzene rings is 2. The van der Waals surface area contributed by atoms with Crippen LogP contribution in [0.2, 0.25) is 0 Å². The number of methoxy groups -OCH3 is 1. The summed E-state index contributed by atoms with van der Waals surface area (Å²) >= 11 is 0. The molecule has 2 aromatic carbocycles. The van der Waals surface area contributed by atoms with Crippen molar-refractivity contribution in [1.29, 1.82) is 0 Å². The summed E-state index contributed by atoms with van der Waals surface area (Å²) in [5, 5.41) is 8.31. The van der Waals surface area contributed by atoms with Crippen molar-refractivity contribution in [2.24, 2.45) is 0 Å². The average molecular weight is 490 g/mol. The molecule has 2 aromatic heterocycles. The van der Waals surface area contributed by atoms with E-state index in [0.29, 0.717) is 5.75 Å². The molecule has 10 heteroatoms. The van der Waals surface area contributed by atoms with E-state index in [9.17, 15) is 18.8 Å². The highest BCUT2D eigenvalue weighted by molar-refractivity contribution is 5.99. The molecule has 0 spiro atoms. The number of nitrogens with zero attached hydrogens (tertiary/aromatic N) is 2. The number of para-hydroxylation sites is 1. The van der Waals surface area contributed by atoms with Gasteiger partial charge in [0.05, 0.1) is 25.4 Å². The van der Waals surface area contributed by atoms with Gasteiger partial charge in [0.1, 0.15) is 17.3 Å². The van der Waals surface area contributed by atoms with Gasteiger partial charge in [0.2, 0.25) is 5.91 Å². The number of fused-ring (bicyclic) bond motifs is 1. The predicted molar refractivity (Wildman–Crippen MR) is 132 cm³/mol. The van der Waals surface area contributed by atoms with Crippen molar-refractivity contribution >= 4 is 23.1 Å². The molecule has 4 rings (SSSR count). The van der Waals surface area contributed by atoms with Gasteiger partial charge in [0.25, 0.3) is 11.5 Å². The van der Waals surface area contributed by atoms with Gasteiger partial charge < -0.3 is 20.7 Å². The largest absolute Gasteiger partial charge is 0.496 e. The zero-order valence-corrected chi connectivity index (χ0v) is 19.5. The molecule has 3 N–H and O–H groups in total. The molecule has 0 saturated heterocycles. The lowest BCUT2D eigenvalue weighted by Gasteiger charge is -2.11. The van der Waals surface area contributed by atoms with E-state index in [-0.39, 0.29) is 48.3 Å². The first-order valence-corrected chi connectivity index (χ1v) is 11.1. The van der Waals surface area contributed by atoms with Gasteiger partial charge in [-0.3, -0.25) is 18.8 Å². The van der Waals surface area contributed by atoms with Gasteiger partial charge in [-0.05, 0) is 35.9 Å². The Balaban J connectivity index is 1.41. The SMILES string of the molecule is COc1ccccc1CNC(=O)CNc1cnc2c(C(=O)NCc3ccc(F)cc3)cccn2c1=O. The Morgan fingerprint density at radius 2 is 1.78 bits per heavy atom. The summed E-state index contributed by atoms with van der Waals surface area (Å²) in [6.07, 6.45) is 2.79. The maximum atomic E-state index is 13.1. The highest BCUT2D eigenvalue weighted by Crippen LogP contribution is 2.16. The van der Waals surface area contributed by atoms with Crippen LogP contribution in [0.3, 0.4) is 0 Å². The molecule has 0 fully saturated rings. The van der Waals surface area contributed by atoms with Crippen molar-refractivity contribution in [3.05, 3.63) is 106 Å². The molecule has 2 heterocycles. The van der Waals surface area contributed by atoms with Crippen molar-refractivity contribution in [3.8, 4) is 5.75 Å². The monoisotopic (exact) mass is 489 g/mol. The molecule has 0 aliphatic carbocycles. The highest BCUT2D eigenvalue weighted by atomic mass is 19.1. The van der Waals surface area contributed by atoms with Crippen LogP contribution in [-0.2, 0) is 17.9 Å². The Labute approximate surface area is 205 Å². The molecule has 0 unspecified atom stereocenters. The van der Waals surface area contributed by atoms with E-state index in [1.165, 1.54) is 28.9 Å². The second-order valence-electron chi connectivity index (χ2n) is 7.84. The molecule has 184 valence electrons. The maximum Gasteiger partial charge on any atom is 0.281 e. The number of hydrogen-bond donors (Lipinski definition) is 3. The van der Waals surface area contributed by atoms with Gasteiger partial charge in [0.15, 0.2) is 5.65 Å². The lowest BCUT2D eigenvalue weighted by atomic mass is 10.2. The molecule has 0 bridgehead atoms. The molecule has 0 saturated carbocycles. The topological polar surface area (TPSA) is 114 Å². The third kappa shape index (κ3) is 5.66. The number of hydrogen-bond acceptors (Lipinski definition) is 6. The first kappa shape index (κ1) is 24.4. The number of halogens is 1. The second-order valence-corrected chi connectivity index (χ2v) is 7.84. The number of anilines is 1. The summed E-state index contributed by atoms with van der Waals surface area (Å²) in [5.74, 6) is -0.443. The normalized spacial score (nSPS) is 10.6. The Morgan fingerprint density at radius 3 is 2.56 bits per heavy atom. The molecule has 0 radical (unpaired) electrons. The lowest BCUT2D eigenvalue weighted by molar-refractivity contribution is -0.119. The minimum atomic E-state index is -0.453. The summed E-state index contributed by atoms with van der Waals surface area (Å²) in [7, 11) is 1.56. The zero-order chi connectivity index (χ0) is 25.5. The van der Waals surface area contributed by atoms with Crippen molar-refractivity contribution < 1.29 is 18.7 Å². The number of carbonyl (C=O) groups excluding carboxylic acids is 2. The molecule has 0 atom stereocenters. The average Bonchev–Trinajstić information content (AvgIpc) is 2.91. The molecule has 9 nitrogen and oxygen atoms in total. The molecular formula is C26H24FN5O4. The number of amides is 2. The van der Waals surface area contributed by atoms with Crippen molar-refractivity contribution in [3.63, 3.8) is 0 Å². The third-order valence-corrected chi connectivity index (χ3v) is 5.45. The van der Waals surface area contributed by atoms with E-state index < -0.39 is 11.5 Å². The quantitative estimate of drug-likeness (QED) is 0.333. The van der Waals surface area contributed by atoms with E-state index in [1.807, 2.05) is 18.2 Å². The van der Waals surface area contributed by atoms with Gasteiger partial charge in [-0.2, -0.15) is 0 Å². The molecule has 0 aliphatic rings. The van der Waals surface area contributed by atoms with Crippen molar-refractivity contribution in [1.82, 2.24) is 20.0 Å². The second kappa shape index (κ2) is 11.1. The Morgan fingerprint density at radius 1 is 1.00 bits per heavy atom. The van der Waals surface area contributed by atoms with Crippen LogP contribution in [0.15, 0.2) is 77.9 Å². The van der Waals surface area contributed by atoms with Crippen LogP contribution in [0.5, 0.6) is 5.75 Å². The standard InChI is InChI=1S/C26H24FN5O4/c1-36-22-7-3-2-5-18(22)14-29-23(33)16-28-21-15-30-24-20(6-4-12-32(24)26(21)35)25(34)31-13-17-8-10-19(27)11-9-17/h2-12,15,28H,13-14,16H2,1H3,(H,29,33)(H,31,34). The molecule has 0 aliphatic heterocycles. The van der Waals surface area contributed by atoms with Crippen LogP contribution in [0.25, 0.3) is 5.65 Å². The number of aromatic nitrogens is 2. The summed E-state index contributed by atoms with van der Waals surface area (Å²) in [5.41, 5.74) is 1.59. The van der Waals surface area contributed by atoms with Crippen LogP contribution in [0, 0.1) is 5.82 Å². The molecule has 2 amide bonds. The van der Waals surface area contributed by atoms with Crippen LogP contribution in [-0.4, -0.2) is 34.9 Å². The fourth-order valence-corrected chi connectivity index (χ4v) is 3.57. The Hall–Kier alpha value is -4.73. The van der Waals surface area contributed by atoms with Crippen LogP contribution >= 0.6 is 0 Å². The van der Waals surface area contributed by atoms with Crippen molar-refractivity contribution in [2.75, 3.05) is 19.0 Å². The number of ether oxygens (including phenoxy) is 1. The van der Waals surface area contributed by atoms with Crippen molar-refractivity contribution in [2.45, 2.75) is 13.1 Å². The van der Waals surface area contributed by atoms with Crippen LogP contribution in [0.4, 0.5) is 10.1 Å². The van der Waals surface area contributed by atoms with E-state index in [0.717, 1.165) is 11.1 Å². The smallest absolute Gasteiger partial charge is 0.281 e. The van der Waals surface area contributed by atoms with E-state index in [4.69, 9.17) is 4.74 Å². The van der Waals surface area contributed by atoms with Gasteiger partial charge >= 0.3 is 0 Å². The molecule has 36 heavy (non-hydrogen) atoms. The van der Waals surface area contributed by atoms with Gasteiger partial charge in [-0.15, -0.1) is 0 Å². The summed E-state index contributed by atoms with van der Waals surface area (Å²) in [4.78, 5) is 42.2. The number of rotatable bonds is 9. The van der Waals surface area contributed by atoms with Gasteiger partial charge in [0, 0.05) is 24.8 Å². The van der Waals surface area contributed by atoms with Gasteiger partial charge in [-0.25, -0.2) is 9.37 Å². The minimum absolute atomic E-state index is 0.115. The maximum absolute atomic E-state index is 13.1. The number of pyridine rings is 1. The fraction of sp³-hybridized carbons (Fsp3) is 0.154. The van der Waals surface area contributed by atoms with E-state index in [2.05, 4.69) is 20.9 Å². The Bertz CT molecular complexity index is 1450. The minimum Gasteiger partial charge on any atom is -0.496 e. The Kier molecular flexibility index (Phi) is 7.54. The molecule has 4 aromatic rings. The zero-order valence-electron chi connectivity index (χ0n) is 19.5. The van der Waals surface area contributed by atoms with Crippen LogP contribution < -0.4 is 26.2 Å². The summed E-state index contributed by atoms with van der Waals surface area (Å²) in [6.45, 7) is 0.319. The fourth-order valence-electron chi connectivity index (χ4n) is 3.57. The first-order valence-electron chi connectivity index (χ1n) is 11.1. The van der Waals surface area contributed by atoms with E-state index >= 15 is 0 Å². The lowest BCUT2D eigenvalue weighted by Crippen LogP contribution is -2.32. The predicted octanol–water partition coefficient (Wildman–Crippen LogP) is 2.50. The van der Waals surface area contributed by atoms with Crippen LogP contribution in [0.1, 0.15) is 21.5 Å². The third-order valence-electron chi connectivity index (χ3n) is 5.45. The summed E-state index contributed by atoms with van der Waals surface area (Å²) in [6, 6.07) is 16.2. The molecular weight excluding hydrogens is 465 g/mol. The number of carbonyl (C=O) groups is 2. The summed E-state index contributed by atoms with van der Waals surface area (Å²) < 4.78 is 19.6.